The molecule has 116 valence electrons. The molecule has 2 aromatic heterocycles. The van der Waals surface area contributed by atoms with E-state index in [4.69, 9.17) is 0 Å². The van der Waals surface area contributed by atoms with Gasteiger partial charge in [0.25, 0.3) is 11.5 Å². The SMILES string of the molecule is CC1Cc2ccccc2N(C(=O)c2[nH]nc3c(=O)[nH]cnc23)C1. The van der Waals surface area contributed by atoms with Crippen molar-refractivity contribution in [3.8, 4) is 0 Å². The van der Waals surface area contributed by atoms with Gasteiger partial charge in [-0.1, -0.05) is 25.1 Å². The van der Waals surface area contributed by atoms with Crippen molar-refractivity contribution in [2.24, 2.45) is 5.92 Å². The molecule has 4 rings (SSSR count). The molecule has 0 spiro atoms. The van der Waals surface area contributed by atoms with E-state index < -0.39 is 0 Å². The van der Waals surface area contributed by atoms with Gasteiger partial charge in [0.2, 0.25) is 0 Å². The van der Waals surface area contributed by atoms with Gasteiger partial charge in [0.05, 0.1) is 6.33 Å². The van der Waals surface area contributed by atoms with Gasteiger partial charge in [0.15, 0.2) is 5.52 Å². The lowest BCUT2D eigenvalue weighted by Gasteiger charge is -2.32. The van der Waals surface area contributed by atoms with Crippen molar-refractivity contribution in [2.75, 3.05) is 11.4 Å². The minimum absolute atomic E-state index is 0.147. The summed E-state index contributed by atoms with van der Waals surface area (Å²) >= 11 is 0. The Hall–Kier alpha value is -2.96. The van der Waals surface area contributed by atoms with E-state index in [0.29, 0.717) is 18.0 Å². The second-order valence-corrected chi connectivity index (χ2v) is 5.88. The van der Waals surface area contributed by atoms with E-state index in [-0.39, 0.29) is 22.7 Å². The second-order valence-electron chi connectivity index (χ2n) is 5.88. The summed E-state index contributed by atoms with van der Waals surface area (Å²) in [5, 5.41) is 6.60. The lowest BCUT2D eigenvalue weighted by molar-refractivity contribution is 0.0977. The molecule has 0 aliphatic carbocycles. The summed E-state index contributed by atoms with van der Waals surface area (Å²) in [6, 6.07) is 7.88. The molecule has 1 amide bonds. The minimum atomic E-state index is -0.363. The van der Waals surface area contributed by atoms with Gasteiger partial charge >= 0.3 is 0 Å². The molecule has 1 aliphatic rings. The average Bonchev–Trinajstić information content (AvgIpc) is 2.99. The van der Waals surface area contributed by atoms with E-state index >= 15 is 0 Å². The molecule has 2 N–H and O–H groups in total. The molecule has 1 aromatic carbocycles. The first-order chi connectivity index (χ1) is 11.1. The number of hydrogen-bond acceptors (Lipinski definition) is 4. The van der Waals surface area contributed by atoms with Crippen LogP contribution in [0.1, 0.15) is 23.0 Å². The number of nitrogens with zero attached hydrogens (tertiary/aromatic N) is 3. The number of carbonyl (C=O) groups excluding carboxylic acids is 1. The Balaban J connectivity index is 1.83. The summed E-state index contributed by atoms with van der Waals surface area (Å²) in [5.74, 6) is 0.143. The Bertz CT molecular complexity index is 958. The summed E-state index contributed by atoms with van der Waals surface area (Å²) in [6.45, 7) is 2.74. The molecule has 0 fully saturated rings. The number of para-hydroxylation sites is 1. The van der Waals surface area contributed by atoms with Gasteiger partial charge in [-0.2, -0.15) is 5.10 Å². The number of fused-ring (bicyclic) bond motifs is 2. The number of aromatic nitrogens is 4. The van der Waals surface area contributed by atoms with E-state index in [0.717, 1.165) is 17.7 Å². The Morgan fingerprint density at radius 3 is 3.00 bits per heavy atom. The van der Waals surface area contributed by atoms with Gasteiger partial charge in [0.1, 0.15) is 11.2 Å². The van der Waals surface area contributed by atoms with Crippen LogP contribution in [0.2, 0.25) is 0 Å². The van der Waals surface area contributed by atoms with Crippen LogP contribution < -0.4 is 10.5 Å². The van der Waals surface area contributed by atoms with Crippen LogP contribution in [0, 0.1) is 5.92 Å². The average molecular weight is 309 g/mol. The van der Waals surface area contributed by atoms with E-state index in [9.17, 15) is 9.59 Å². The highest BCUT2D eigenvalue weighted by Crippen LogP contribution is 2.30. The van der Waals surface area contributed by atoms with Gasteiger partial charge in [-0.15, -0.1) is 0 Å². The van der Waals surface area contributed by atoms with E-state index in [1.807, 2.05) is 24.3 Å². The maximum Gasteiger partial charge on any atom is 0.279 e. The van der Waals surface area contributed by atoms with Crippen molar-refractivity contribution >= 4 is 22.6 Å². The van der Waals surface area contributed by atoms with Crippen molar-refractivity contribution in [1.29, 1.82) is 0 Å². The third-order valence-corrected chi connectivity index (χ3v) is 4.15. The maximum atomic E-state index is 13.0. The van der Waals surface area contributed by atoms with Crippen molar-refractivity contribution in [3.05, 3.63) is 52.2 Å². The molecule has 3 heterocycles. The van der Waals surface area contributed by atoms with Gasteiger partial charge in [-0.05, 0) is 24.0 Å². The molecule has 1 atom stereocenters. The molecule has 0 radical (unpaired) electrons. The Morgan fingerprint density at radius 2 is 2.13 bits per heavy atom. The minimum Gasteiger partial charge on any atom is -0.311 e. The molecule has 0 bridgehead atoms. The molecular formula is C16H15N5O2. The van der Waals surface area contributed by atoms with Crippen molar-refractivity contribution in [1.82, 2.24) is 20.2 Å². The number of anilines is 1. The van der Waals surface area contributed by atoms with Gasteiger partial charge in [-0.25, -0.2) is 4.98 Å². The standard InChI is InChI=1S/C16H15N5O2/c1-9-6-10-4-2-3-5-11(10)21(7-9)16(23)14-12-13(19-20-14)15(22)18-8-17-12/h2-5,8-9H,6-7H2,1H3,(H,19,20)(H,17,18,22). The number of rotatable bonds is 1. The monoisotopic (exact) mass is 309 g/mol. The zero-order valence-corrected chi connectivity index (χ0v) is 12.5. The van der Waals surface area contributed by atoms with Crippen molar-refractivity contribution in [2.45, 2.75) is 13.3 Å². The van der Waals surface area contributed by atoms with E-state index in [1.54, 1.807) is 4.90 Å². The fourth-order valence-electron chi connectivity index (χ4n) is 3.12. The number of carbonyl (C=O) groups is 1. The molecule has 1 aliphatic heterocycles. The van der Waals surface area contributed by atoms with E-state index in [1.165, 1.54) is 6.33 Å². The number of benzene rings is 1. The summed E-state index contributed by atoms with van der Waals surface area (Å²) in [7, 11) is 0. The summed E-state index contributed by atoms with van der Waals surface area (Å²) in [5.41, 5.74) is 2.38. The molecule has 0 saturated carbocycles. The van der Waals surface area contributed by atoms with Crippen LogP contribution in [0.15, 0.2) is 35.4 Å². The van der Waals surface area contributed by atoms with Crippen LogP contribution in [0.3, 0.4) is 0 Å². The molecular weight excluding hydrogens is 294 g/mol. The first-order valence-corrected chi connectivity index (χ1v) is 7.46. The zero-order valence-electron chi connectivity index (χ0n) is 12.5. The fraction of sp³-hybridized carbons (Fsp3) is 0.250. The molecule has 3 aromatic rings. The maximum absolute atomic E-state index is 13.0. The van der Waals surface area contributed by atoms with Crippen LogP contribution in [-0.4, -0.2) is 32.6 Å². The molecule has 7 heteroatoms. The van der Waals surface area contributed by atoms with Gasteiger partial charge in [0, 0.05) is 12.2 Å². The van der Waals surface area contributed by atoms with Crippen LogP contribution in [0.25, 0.3) is 11.0 Å². The highest BCUT2D eigenvalue weighted by Gasteiger charge is 2.29. The van der Waals surface area contributed by atoms with Crippen LogP contribution >= 0.6 is 0 Å². The first kappa shape index (κ1) is 13.7. The fourth-order valence-corrected chi connectivity index (χ4v) is 3.12. The number of hydrogen-bond donors (Lipinski definition) is 2. The third-order valence-electron chi connectivity index (χ3n) is 4.15. The summed E-state index contributed by atoms with van der Waals surface area (Å²) in [4.78, 5) is 33.0. The van der Waals surface area contributed by atoms with Crippen LogP contribution in [0.4, 0.5) is 5.69 Å². The Labute approximate surface area is 131 Å². The summed E-state index contributed by atoms with van der Waals surface area (Å²) < 4.78 is 0. The first-order valence-electron chi connectivity index (χ1n) is 7.46. The van der Waals surface area contributed by atoms with Gasteiger partial charge in [-0.3, -0.25) is 14.7 Å². The lowest BCUT2D eigenvalue weighted by atomic mass is 9.93. The third kappa shape index (κ3) is 2.12. The van der Waals surface area contributed by atoms with E-state index in [2.05, 4.69) is 27.1 Å². The second kappa shape index (κ2) is 5.05. The number of aromatic amines is 2. The highest BCUT2D eigenvalue weighted by molar-refractivity contribution is 6.11. The zero-order chi connectivity index (χ0) is 16.0. The predicted molar refractivity (Wildman–Crippen MR) is 85.5 cm³/mol. The van der Waals surface area contributed by atoms with Crippen LogP contribution in [0.5, 0.6) is 0 Å². The quantitative estimate of drug-likeness (QED) is 0.712. The predicted octanol–water partition coefficient (Wildman–Crippen LogP) is 1.49. The number of nitrogens with one attached hydrogen (secondary N) is 2. The molecule has 0 saturated heterocycles. The topological polar surface area (TPSA) is 94.7 Å². The molecule has 23 heavy (non-hydrogen) atoms. The normalized spacial score (nSPS) is 17.3. The largest absolute Gasteiger partial charge is 0.311 e. The molecule has 1 unspecified atom stereocenters. The Morgan fingerprint density at radius 1 is 1.30 bits per heavy atom. The Kier molecular flexibility index (Phi) is 3.00. The van der Waals surface area contributed by atoms with Gasteiger partial charge < -0.3 is 9.88 Å². The number of H-pyrrole nitrogens is 2. The van der Waals surface area contributed by atoms with Crippen molar-refractivity contribution < 1.29 is 4.79 Å². The number of amides is 1. The molecule has 7 nitrogen and oxygen atoms in total. The summed E-state index contributed by atoms with van der Waals surface area (Å²) in [6.07, 6.45) is 2.23. The van der Waals surface area contributed by atoms with Crippen molar-refractivity contribution in [3.63, 3.8) is 0 Å². The lowest BCUT2D eigenvalue weighted by Crippen LogP contribution is -2.39. The smallest absolute Gasteiger partial charge is 0.279 e. The highest BCUT2D eigenvalue weighted by atomic mass is 16.2. The van der Waals surface area contributed by atoms with Crippen LogP contribution in [-0.2, 0) is 6.42 Å².